The standard InChI is InChI=1S/C23H17BrClNO4/c1-29-21-13-16(14-26-18-7-9-19(27)10-8-18)12-20(24)23(21)30-22(28)11-4-15-2-5-17(25)6-3-15/h2-14,27H,1H3. The number of aliphatic imine (C=N–C) groups is 1. The van der Waals surface area contributed by atoms with Crippen LogP contribution < -0.4 is 9.47 Å². The fourth-order valence-electron chi connectivity index (χ4n) is 2.47. The second-order valence-electron chi connectivity index (χ2n) is 6.11. The monoisotopic (exact) mass is 485 g/mol. The molecule has 3 aromatic rings. The van der Waals surface area contributed by atoms with Gasteiger partial charge in [-0.1, -0.05) is 23.7 Å². The zero-order valence-electron chi connectivity index (χ0n) is 15.9. The van der Waals surface area contributed by atoms with E-state index in [4.69, 9.17) is 21.1 Å². The molecule has 0 spiro atoms. The first kappa shape index (κ1) is 21.6. The number of ether oxygens (including phenoxy) is 2. The Kier molecular flexibility index (Phi) is 7.27. The largest absolute Gasteiger partial charge is 0.508 e. The first-order valence-corrected chi connectivity index (χ1v) is 9.98. The van der Waals surface area contributed by atoms with Crippen molar-refractivity contribution >= 4 is 51.5 Å². The van der Waals surface area contributed by atoms with Gasteiger partial charge < -0.3 is 14.6 Å². The number of esters is 1. The minimum atomic E-state index is -0.547. The van der Waals surface area contributed by atoms with Crippen LogP contribution >= 0.6 is 27.5 Å². The second-order valence-corrected chi connectivity index (χ2v) is 7.41. The highest BCUT2D eigenvalue weighted by molar-refractivity contribution is 9.10. The molecule has 0 saturated heterocycles. The molecule has 0 aliphatic carbocycles. The van der Waals surface area contributed by atoms with E-state index in [1.165, 1.54) is 13.2 Å². The number of aromatic hydroxyl groups is 1. The molecule has 0 atom stereocenters. The van der Waals surface area contributed by atoms with E-state index in [1.54, 1.807) is 73.0 Å². The van der Waals surface area contributed by atoms with Gasteiger partial charge in [0, 0.05) is 17.3 Å². The van der Waals surface area contributed by atoms with Crippen LogP contribution in [0.2, 0.25) is 5.02 Å². The van der Waals surface area contributed by atoms with E-state index in [0.717, 1.165) is 11.1 Å². The van der Waals surface area contributed by atoms with Gasteiger partial charge in [0.2, 0.25) is 0 Å². The molecule has 3 aromatic carbocycles. The number of hydrogen-bond acceptors (Lipinski definition) is 5. The Morgan fingerprint density at radius 1 is 1.07 bits per heavy atom. The number of phenolic OH excluding ortho intramolecular Hbond substituents is 1. The van der Waals surface area contributed by atoms with E-state index in [-0.39, 0.29) is 11.5 Å². The van der Waals surface area contributed by atoms with E-state index >= 15 is 0 Å². The van der Waals surface area contributed by atoms with Gasteiger partial charge in [-0.15, -0.1) is 0 Å². The van der Waals surface area contributed by atoms with Crippen LogP contribution in [0.25, 0.3) is 6.08 Å². The first-order valence-electron chi connectivity index (χ1n) is 8.80. The third-order valence-corrected chi connectivity index (χ3v) is 4.79. The number of carbonyl (C=O) groups is 1. The number of carbonyl (C=O) groups excluding carboxylic acids is 1. The van der Waals surface area contributed by atoms with Crippen molar-refractivity contribution in [1.29, 1.82) is 0 Å². The molecule has 0 unspecified atom stereocenters. The van der Waals surface area contributed by atoms with Gasteiger partial charge in [0.25, 0.3) is 0 Å². The summed E-state index contributed by atoms with van der Waals surface area (Å²) in [4.78, 5) is 16.6. The van der Waals surface area contributed by atoms with Gasteiger partial charge in [0.1, 0.15) is 5.75 Å². The summed E-state index contributed by atoms with van der Waals surface area (Å²) in [6.07, 6.45) is 4.61. The summed E-state index contributed by atoms with van der Waals surface area (Å²) in [6, 6.07) is 17.1. The molecule has 0 aromatic heterocycles. The summed E-state index contributed by atoms with van der Waals surface area (Å²) in [5.74, 6) is 0.277. The van der Waals surface area contributed by atoms with Gasteiger partial charge in [-0.2, -0.15) is 0 Å². The fraction of sp³-hybridized carbons (Fsp3) is 0.0435. The van der Waals surface area contributed by atoms with Gasteiger partial charge in [-0.3, -0.25) is 4.99 Å². The molecular weight excluding hydrogens is 470 g/mol. The minimum Gasteiger partial charge on any atom is -0.508 e. The zero-order valence-corrected chi connectivity index (χ0v) is 18.2. The summed E-state index contributed by atoms with van der Waals surface area (Å²) in [5, 5.41) is 9.96. The number of phenols is 1. The van der Waals surface area contributed by atoms with Crippen molar-refractivity contribution in [2.24, 2.45) is 4.99 Å². The average molecular weight is 487 g/mol. The predicted octanol–water partition coefficient (Wildman–Crippen LogP) is 6.19. The molecule has 7 heteroatoms. The Hall–Kier alpha value is -3.09. The first-order chi connectivity index (χ1) is 14.4. The van der Waals surface area contributed by atoms with Crippen LogP contribution in [-0.4, -0.2) is 24.4 Å². The smallest absolute Gasteiger partial charge is 0.336 e. The number of halogens is 2. The maximum atomic E-state index is 12.2. The Balaban J connectivity index is 1.75. The second kappa shape index (κ2) is 10.1. The highest BCUT2D eigenvalue weighted by Gasteiger charge is 2.14. The van der Waals surface area contributed by atoms with Crippen LogP contribution in [0.15, 0.2) is 76.2 Å². The zero-order chi connectivity index (χ0) is 21.5. The highest BCUT2D eigenvalue weighted by atomic mass is 79.9. The lowest BCUT2D eigenvalue weighted by Crippen LogP contribution is -2.06. The molecule has 0 heterocycles. The van der Waals surface area contributed by atoms with E-state index in [9.17, 15) is 9.90 Å². The Morgan fingerprint density at radius 2 is 1.77 bits per heavy atom. The van der Waals surface area contributed by atoms with Crippen molar-refractivity contribution in [3.05, 3.63) is 87.4 Å². The lowest BCUT2D eigenvalue weighted by Gasteiger charge is -2.11. The van der Waals surface area contributed by atoms with Crippen molar-refractivity contribution in [3.63, 3.8) is 0 Å². The van der Waals surface area contributed by atoms with Gasteiger partial charge >= 0.3 is 5.97 Å². The molecule has 152 valence electrons. The lowest BCUT2D eigenvalue weighted by atomic mass is 10.2. The minimum absolute atomic E-state index is 0.176. The summed E-state index contributed by atoms with van der Waals surface area (Å²) in [5.41, 5.74) is 2.25. The van der Waals surface area contributed by atoms with Crippen LogP contribution in [0, 0.1) is 0 Å². The predicted molar refractivity (Wildman–Crippen MR) is 122 cm³/mol. The van der Waals surface area contributed by atoms with Crippen LogP contribution in [-0.2, 0) is 4.79 Å². The summed E-state index contributed by atoms with van der Waals surface area (Å²) in [7, 11) is 1.49. The molecule has 0 saturated carbocycles. The molecule has 3 rings (SSSR count). The summed E-state index contributed by atoms with van der Waals surface area (Å²) in [6.45, 7) is 0. The van der Waals surface area contributed by atoms with Gasteiger partial charge in [-0.25, -0.2) is 4.79 Å². The molecule has 0 aliphatic heterocycles. The number of methoxy groups -OCH3 is 1. The number of rotatable bonds is 6. The number of benzene rings is 3. The Bertz CT molecular complexity index is 1090. The highest BCUT2D eigenvalue weighted by Crippen LogP contribution is 2.36. The van der Waals surface area contributed by atoms with E-state index < -0.39 is 5.97 Å². The molecule has 0 amide bonds. The summed E-state index contributed by atoms with van der Waals surface area (Å²) >= 11 is 9.27. The lowest BCUT2D eigenvalue weighted by molar-refractivity contribution is -0.129. The maximum Gasteiger partial charge on any atom is 0.336 e. The molecule has 0 fully saturated rings. The van der Waals surface area contributed by atoms with Crippen LogP contribution in [0.1, 0.15) is 11.1 Å². The molecule has 0 aliphatic rings. The summed E-state index contributed by atoms with van der Waals surface area (Å²) < 4.78 is 11.4. The molecule has 1 N–H and O–H groups in total. The van der Waals surface area contributed by atoms with Gasteiger partial charge in [0.15, 0.2) is 11.5 Å². The molecular formula is C23H17BrClNO4. The van der Waals surface area contributed by atoms with Crippen LogP contribution in [0.4, 0.5) is 5.69 Å². The van der Waals surface area contributed by atoms with Crippen molar-refractivity contribution < 1.29 is 19.4 Å². The van der Waals surface area contributed by atoms with Crippen LogP contribution in [0.3, 0.4) is 0 Å². The quantitative estimate of drug-likeness (QED) is 0.195. The van der Waals surface area contributed by atoms with Crippen molar-refractivity contribution in [2.45, 2.75) is 0 Å². The third kappa shape index (κ3) is 5.95. The van der Waals surface area contributed by atoms with Gasteiger partial charge in [-0.05, 0) is 81.7 Å². The number of nitrogens with zero attached hydrogens (tertiary/aromatic N) is 1. The van der Waals surface area contributed by atoms with Crippen molar-refractivity contribution in [2.75, 3.05) is 7.11 Å². The SMILES string of the molecule is COc1cc(C=Nc2ccc(O)cc2)cc(Br)c1OC(=O)C=Cc1ccc(Cl)cc1. The number of hydrogen-bond donors (Lipinski definition) is 1. The van der Waals surface area contributed by atoms with Crippen molar-refractivity contribution in [1.82, 2.24) is 0 Å². The normalized spacial score (nSPS) is 11.2. The van der Waals surface area contributed by atoms with E-state index in [1.807, 2.05) is 0 Å². The Labute approximate surface area is 187 Å². The molecule has 5 nitrogen and oxygen atoms in total. The van der Waals surface area contributed by atoms with Crippen molar-refractivity contribution in [3.8, 4) is 17.2 Å². The molecule has 0 bridgehead atoms. The third-order valence-electron chi connectivity index (χ3n) is 3.95. The maximum absolute atomic E-state index is 12.2. The molecule has 0 radical (unpaired) electrons. The fourth-order valence-corrected chi connectivity index (χ4v) is 3.14. The topological polar surface area (TPSA) is 68.1 Å². The average Bonchev–Trinajstić information content (AvgIpc) is 2.74. The van der Waals surface area contributed by atoms with Gasteiger partial charge in [0.05, 0.1) is 17.3 Å². The Morgan fingerprint density at radius 3 is 2.43 bits per heavy atom. The van der Waals surface area contributed by atoms with E-state index in [0.29, 0.717) is 20.9 Å². The van der Waals surface area contributed by atoms with Crippen LogP contribution in [0.5, 0.6) is 17.2 Å². The molecule has 30 heavy (non-hydrogen) atoms. The van der Waals surface area contributed by atoms with E-state index in [2.05, 4.69) is 20.9 Å².